The van der Waals surface area contributed by atoms with Crippen molar-refractivity contribution in [3.8, 4) is 0 Å². The first kappa shape index (κ1) is 17.4. The zero-order chi connectivity index (χ0) is 18.2. The van der Waals surface area contributed by atoms with Crippen LogP contribution in [0.4, 0.5) is 0 Å². The van der Waals surface area contributed by atoms with Crippen molar-refractivity contribution in [2.45, 2.75) is 38.7 Å². The molecule has 132 valence electrons. The molecular formula is C20H23NO4. The molecule has 1 aromatic rings. The highest BCUT2D eigenvalue weighted by Crippen LogP contribution is 2.44. The highest BCUT2D eigenvalue weighted by molar-refractivity contribution is 6.11. The molecule has 1 aliphatic carbocycles. The standard InChI is InChI=1S/C20H23NO4/c1-4-25-19(23)20(24)12-15-11-14-7-5-6-8-16(14)17(15)21(18(20)22)10-9-13(2)3/h5-8,24H,2,4,9-12H2,1,3H3. The Kier molecular flexibility index (Phi) is 4.52. The Bertz CT molecular complexity index is 780. The second kappa shape index (κ2) is 6.48. The number of esters is 1. The molecule has 3 rings (SSSR count). The molecule has 1 atom stereocenters. The van der Waals surface area contributed by atoms with Crippen molar-refractivity contribution in [3.63, 3.8) is 0 Å². The average molecular weight is 341 g/mol. The summed E-state index contributed by atoms with van der Waals surface area (Å²) in [6.45, 7) is 7.93. The molecule has 1 N–H and O–H groups in total. The molecule has 1 heterocycles. The van der Waals surface area contributed by atoms with E-state index in [0.29, 0.717) is 19.4 Å². The van der Waals surface area contributed by atoms with Crippen LogP contribution in [0.1, 0.15) is 37.8 Å². The fraction of sp³-hybridized carbons (Fsp3) is 0.400. The van der Waals surface area contributed by atoms with Gasteiger partial charge in [0, 0.05) is 18.5 Å². The number of hydrogen-bond acceptors (Lipinski definition) is 4. The molecule has 1 aliphatic heterocycles. The zero-order valence-corrected chi connectivity index (χ0v) is 14.7. The first-order valence-corrected chi connectivity index (χ1v) is 8.54. The number of fused-ring (bicyclic) bond motifs is 2. The van der Waals surface area contributed by atoms with E-state index in [-0.39, 0.29) is 13.0 Å². The van der Waals surface area contributed by atoms with Crippen LogP contribution in [0.5, 0.6) is 0 Å². The molecule has 0 spiro atoms. The first-order chi connectivity index (χ1) is 11.9. The molecular weight excluding hydrogens is 318 g/mol. The highest BCUT2D eigenvalue weighted by atomic mass is 16.5. The molecule has 1 unspecified atom stereocenters. The van der Waals surface area contributed by atoms with Crippen LogP contribution in [-0.4, -0.2) is 40.6 Å². The van der Waals surface area contributed by atoms with Gasteiger partial charge in [-0.2, -0.15) is 0 Å². The lowest BCUT2D eigenvalue weighted by Crippen LogP contribution is -2.57. The van der Waals surface area contributed by atoms with Crippen LogP contribution in [0.25, 0.3) is 5.70 Å². The van der Waals surface area contributed by atoms with E-state index in [2.05, 4.69) is 6.58 Å². The third kappa shape index (κ3) is 2.89. The number of carbonyl (C=O) groups is 2. The molecule has 5 heteroatoms. The molecule has 5 nitrogen and oxygen atoms in total. The molecule has 0 bridgehead atoms. The van der Waals surface area contributed by atoms with Crippen LogP contribution < -0.4 is 0 Å². The van der Waals surface area contributed by atoms with Gasteiger partial charge in [-0.15, -0.1) is 6.58 Å². The summed E-state index contributed by atoms with van der Waals surface area (Å²) in [5, 5.41) is 10.9. The minimum Gasteiger partial charge on any atom is -0.463 e. The van der Waals surface area contributed by atoms with Crippen LogP contribution in [0, 0.1) is 0 Å². The number of carbonyl (C=O) groups excluding carboxylic acids is 2. The van der Waals surface area contributed by atoms with Crippen LogP contribution >= 0.6 is 0 Å². The number of aliphatic hydroxyl groups is 1. The number of amides is 1. The van der Waals surface area contributed by atoms with Crippen LogP contribution in [-0.2, 0) is 20.7 Å². The summed E-state index contributed by atoms with van der Waals surface area (Å²) in [5.41, 5.74) is 2.62. The Balaban J connectivity index is 2.04. The van der Waals surface area contributed by atoms with Gasteiger partial charge in [0.1, 0.15) is 0 Å². The maximum Gasteiger partial charge on any atom is 0.348 e. The second-order valence-corrected chi connectivity index (χ2v) is 6.71. The molecule has 25 heavy (non-hydrogen) atoms. The van der Waals surface area contributed by atoms with Gasteiger partial charge in [0.2, 0.25) is 5.60 Å². The number of nitrogens with zero attached hydrogens (tertiary/aromatic N) is 1. The fourth-order valence-corrected chi connectivity index (χ4v) is 3.53. The number of rotatable bonds is 5. The van der Waals surface area contributed by atoms with Gasteiger partial charge in [0.25, 0.3) is 5.91 Å². The molecule has 0 fully saturated rings. The number of hydrogen-bond donors (Lipinski definition) is 1. The van der Waals surface area contributed by atoms with Gasteiger partial charge in [-0.3, -0.25) is 4.79 Å². The van der Waals surface area contributed by atoms with Crippen molar-refractivity contribution >= 4 is 17.6 Å². The molecule has 1 aromatic carbocycles. The van der Waals surface area contributed by atoms with Crippen LogP contribution in [0.3, 0.4) is 0 Å². The van der Waals surface area contributed by atoms with Crippen LogP contribution in [0.2, 0.25) is 0 Å². The summed E-state index contributed by atoms with van der Waals surface area (Å²) in [4.78, 5) is 26.9. The van der Waals surface area contributed by atoms with Gasteiger partial charge in [-0.1, -0.05) is 29.8 Å². The van der Waals surface area contributed by atoms with Gasteiger partial charge in [-0.05, 0) is 37.8 Å². The largest absolute Gasteiger partial charge is 0.463 e. The summed E-state index contributed by atoms with van der Waals surface area (Å²) in [6.07, 6.45) is 1.21. The third-order valence-electron chi connectivity index (χ3n) is 4.72. The molecule has 0 saturated heterocycles. The lowest BCUT2D eigenvalue weighted by molar-refractivity contribution is -0.175. The van der Waals surface area contributed by atoms with E-state index in [0.717, 1.165) is 28.0 Å². The Labute approximate surface area is 147 Å². The van der Waals surface area contributed by atoms with Crippen LogP contribution in [0.15, 0.2) is 42.0 Å². The van der Waals surface area contributed by atoms with Crippen molar-refractivity contribution in [2.24, 2.45) is 0 Å². The first-order valence-electron chi connectivity index (χ1n) is 8.54. The van der Waals surface area contributed by atoms with E-state index in [1.807, 2.05) is 31.2 Å². The van der Waals surface area contributed by atoms with Crippen molar-refractivity contribution in [2.75, 3.05) is 13.2 Å². The Morgan fingerprint density at radius 2 is 2.12 bits per heavy atom. The molecule has 0 aromatic heterocycles. The van der Waals surface area contributed by atoms with E-state index >= 15 is 0 Å². The van der Waals surface area contributed by atoms with E-state index in [4.69, 9.17) is 4.74 Å². The van der Waals surface area contributed by atoms with Gasteiger partial charge >= 0.3 is 5.97 Å². The smallest absolute Gasteiger partial charge is 0.348 e. The predicted molar refractivity (Wildman–Crippen MR) is 94.4 cm³/mol. The van der Waals surface area contributed by atoms with Crippen molar-refractivity contribution < 1.29 is 19.4 Å². The summed E-state index contributed by atoms with van der Waals surface area (Å²) in [7, 11) is 0. The highest BCUT2D eigenvalue weighted by Gasteiger charge is 2.53. The maximum atomic E-state index is 13.0. The quantitative estimate of drug-likeness (QED) is 0.507. The van der Waals surface area contributed by atoms with Crippen molar-refractivity contribution in [1.82, 2.24) is 4.90 Å². The molecule has 0 radical (unpaired) electrons. The Hall–Kier alpha value is -2.40. The van der Waals surface area contributed by atoms with Gasteiger partial charge in [-0.25, -0.2) is 4.79 Å². The third-order valence-corrected chi connectivity index (χ3v) is 4.72. The number of ether oxygens (including phenoxy) is 1. The Morgan fingerprint density at radius 1 is 1.40 bits per heavy atom. The van der Waals surface area contributed by atoms with Gasteiger partial charge in [0.15, 0.2) is 0 Å². The Morgan fingerprint density at radius 3 is 2.80 bits per heavy atom. The summed E-state index contributed by atoms with van der Waals surface area (Å²) in [6, 6.07) is 7.88. The molecule has 2 aliphatic rings. The summed E-state index contributed by atoms with van der Waals surface area (Å²) in [5.74, 6) is -1.48. The predicted octanol–water partition coefficient (Wildman–Crippen LogP) is 2.45. The topological polar surface area (TPSA) is 66.8 Å². The lowest BCUT2D eigenvalue weighted by atomic mass is 9.87. The molecule has 1 amide bonds. The minimum atomic E-state index is -2.15. The average Bonchev–Trinajstić information content (AvgIpc) is 2.93. The zero-order valence-electron chi connectivity index (χ0n) is 14.7. The van der Waals surface area contributed by atoms with Gasteiger partial charge in [0.05, 0.1) is 12.3 Å². The summed E-state index contributed by atoms with van der Waals surface area (Å²) >= 11 is 0. The van der Waals surface area contributed by atoms with E-state index < -0.39 is 17.5 Å². The second-order valence-electron chi connectivity index (χ2n) is 6.71. The minimum absolute atomic E-state index is 0.0156. The number of benzene rings is 1. The van der Waals surface area contributed by atoms with E-state index in [9.17, 15) is 14.7 Å². The van der Waals surface area contributed by atoms with Crippen molar-refractivity contribution in [3.05, 3.63) is 53.1 Å². The van der Waals surface area contributed by atoms with E-state index in [1.165, 1.54) is 4.90 Å². The van der Waals surface area contributed by atoms with E-state index in [1.54, 1.807) is 6.92 Å². The van der Waals surface area contributed by atoms with Gasteiger partial charge < -0.3 is 14.7 Å². The monoisotopic (exact) mass is 341 g/mol. The fourth-order valence-electron chi connectivity index (χ4n) is 3.53. The summed E-state index contributed by atoms with van der Waals surface area (Å²) < 4.78 is 4.98. The normalized spacial score (nSPS) is 21.9. The lowest BCUT2D eigenvalue weighted by Gasteiger charge is -2.38. The SMILES string of the molecule is C=C(C)CCN1C(=O)C(O)(C(=O)OCC)CC2=C1c1ccccc1C2. The maximum absolute atomic E-state index is 13.0. The van der Waals surface area contributed by atoms with Crippen molar-refractivity contribution in [1.29, 1.82) is 0 Å². The molecule has 0 saturated carbocycles.